The zero-order valence-corrected chi connectivity index (χ0v) is 7.80. The van der Waals surface area contributed by atoms with Gasteiger partial charge < -0.3 is 20.5 Å². The number of hydrogen-bond acceptors (Lipinski definition) is 4. The Morgan fingerprint density at radius 2 is 2.23 bits per heavy atom. The Hall–Kier alpha value is -0.810. The standard InChI is InChI=1S/C8H16N2O3/c1-13-7(11)10-6-8(12)2-4-9-5-3-8/h9,12H,2-6H2,1H3,(H,10,11). The van der Waals surface area contributed by atoms with Crippen molar-refractivity contribution in [1.29, 1.82) is 0 Å². The summed E-state index contributed by atoms with van der Waals surface area (Å²) in [6.07, 6.45) is 0.834. The first-order chi connectivity index (χ1) is 6.16. The SMILES string of the molecule is COC(=O)NCC1(O)CCNCC1. The molecule has 1 fully saturated rings. The molecule has 0 unspecified atom stereocenters. The van der Waals surface area contributed by atoms with Gasteiger partial charge in [0.1, 0.15) is 0 Å². The predicted octanol–water partition coefficient (Wildman–Crippen LogP) is -0.543. The van der Waals surface area contributed by atoms with Gasteiger partial charge in [-0.25, -0.2) is 4.79 Å². The Labute approximate surface area is 77.5 Å². The van der Waals surface area contributed by atoms with Gasteiger partial charge in [-0.2, -0.15) is 0 Å². The number of ether oxygens (including phenoxy) is 1. The Kier molecular flexibility index (Phi) is 3.50. The third-order valence-corrected chi connectivity index (χ3v) is 2.28. The Morgan fingerprint density at radius 1 is 1.62 bits per heavy atom. The fourth-order valence-corrected chi connectivity index (χ4v) is 1.38. The summed E-state index contributed by atoms with van der Waals surface area (Å²) >= 11 is 0. The molecule has 1 amide bonds. The molecule has 1 aliphatic rings. The smallest absolute Gasteiger partial charge is 0.406 e. The van der Waals surface area contributed by atoms with Crippen molar-refractivity contribution in [3.63, 3.8) is 0 Å². The summed E-state index contributed by atoms with van der Waals surface area (Å²) in [5.74, 6) is 0. The molecule has 1 heterocycles. The second-order valence-corrected chi connectivity index (χ2v) is 3.32. The maximum absolute atomic E-state index is 10.7. The molecule has 0 aliphatic carbocycles. The number of carbonyl (C=O) groups excluding carboxylic acids is 1. The highest BCUT2D eigenvalue weighted by Crippen LogP contribution is 2.16. The molecule has 3 N–H and O–H groups in total. The van der Waals surface area contributed by atoms with E-state index in [4.69, 9.17) is 0 Å². The summed E-state index contributed by atoms with van der Waals surface area (Å²) < 4.78 is 4.41. The molecule has 0 aromatic heterocycles. The number of hydrogen-bond donors (Lipinski definition) is 3. The molecular formula is C8H16N2O3. The molecule has 1 rings (SSSR count). The number of nitrogens with one attached hydrogen (secondary N) is 2. The van der Waals surface area contributed by atoms with Crippen LogP contribution >= 0.6 is 0 Å². The van der Waals surface area contributed by atoms with Crippen LogP contribution in [0.2, 0.25) is 0 Å². The van der Waals surface area contributed by atoms with Crippen LogP contribution < -0.4 is 10.6 Å². The Morgan fingerprint density at radius 3 is 2.77 bits per heavy atom. The normalized spacial score (nSPS) is 20.8. The summed E-state index contributed by atoms with van der Waals surface area (Å²) in [4.78, 5) is 10.7. The van der Waals surface area contributed by atoms with Gasteiger partial charge in [0.15, 0.2) is 0 Å². The van der Waals surface area contributed by atoms with Crippen molar-refractivity contribution >= 4 is 6.09 Å². The van der Waals surface area contributed by atoms with Gasteiger partial charge in [-0.1, -0.05) is 0 Å². The second kappa shape index (κ2) is 4.43. The van der Waals surface area contributed by atoms with Crippen molar-refractivity contribution in [3.8, 4) is 0 Å². The molecule has 0 aromatic rings. The highest BCUT2D eigenvalue weighted by molar-refractivity contribution is 5.66. The number of aliphatic hydroxyl groups is 1. The summed E-state index contributed by atoms with van der Waals surface area (Å²) in [6, 6.07) is 0. The van der Waals surface area contributed by atoms with Crippen LogP contribution in [0.5, 0.6) is 0 Å². The van der Waals surface area contributed by atoms with Gasteiger partial charge in [0.25, 0.3) is 0 Å². The molecule has 0 saturated carbocycles. The molecule has 76 valence electrons. The number of amides is 1. The first kappa shape index (κ1) is 10.3. The minimum Gasteiger partial charge on any atom is -0.453 e. The minimum atomic E-state index is -0.764. The molecule has 1 aliphatic heterocycles. The fraction of sp³-hybridized carbons (Fsp3) is 0.875. The maximum atomic E-state index is 10.7. The van der Waals surface area contributed by atoms with E-state index in [1.54, 1.807) is 0 Å². The summed E-state index contributed by atoms with van der Waals surface area (Å²) in [5.41, 5.74) is -0.764. The van der Waals surface area contributed by atoms with Crippen molar-refractivity contribution in [2.45, 2.75) is 18.4 Å². The number of carbonyl (C=O) groups is 1. The zero-order chi connectivity index (χ0) is 9.73. The van der Waals surface area contributed by atoms with Crippen LogP contribution in [0.25, 0.3) is 0 Å². The van der Waals surface area contributed by atoms with Crippen LogP contribution in [-0.4, -0.2) is 43.5 Å². The molecule has 0 bridgehead atoms. The molecule has 0 radical (unpaired) electrons. The Balaban J connectivity index is 2.28. The van der Waals surface area contributed by atoms with Gasteiger partial charge in [-0.05, 0) is 25.9 Å². The predicted molar refractivity (Wildman–Crippen MR) is 47.5 cm³/mol. The highest BCUT2D eigenvalue weighted by atomic mass is 16.5. The quantitative estimate of drug-likeness (QED) is 0.544. The van der Waals surface area contributed by atoms with E-state index in [-0.39, 0.29) is 6.54 Å². The molecule has 5 heteroatoms. The monoisotopic (exact) mass is 188 g/mol. The van der Waals surface area contributed by atoms with Crippen molar-refractivity contribution in [1.82, 2.24) is 10.6 Å². The third kappa shape index (κ3) is 3.20. The number of piperidine rings is 1. The number of methoxy groups -OCH3 is 1. The molecule has 1 saturated heterocycles. The number of alkyl carbamates (subject to hydrolysis) is 1. The molecule has 0 atom stereocenters. The van der Waals surface area contributed by atoms with Crippen molar-refractivity contribution < 1.29 is 14.6 Å². The lowest BCUT2D eigenvalue weighted by atomic mass is 9.92. The average molecular weight is 188 g/mol. The van der Waals surface area contributed by atoms with Crippen molar-refractivity contribution in [3.05, 3.63) is 0 Å². The van der Waals surface area contributed by atoms with E-state index in [1.165, 1.54) is 7.11 Å². The van der Waals surface area contributed by atoms with Crippen LogP contribution in [0.3, 0.4) is 0 Å². The van der Waals surface area contributed by atoms with E-state index in [1.807, 2.05) is 0 Å². The van der Waals surface area contributed by atoms with E-state index in [2.05, 4.69) is 15.4 Å². The van der Waals surface area contributed by atoms with Crippen LogP contribution in [0, 0.1) is 0 Å². The largest absolute Gasteiger partial charge is 0.453 e. The summed E-state index contributed by atoms with van der Waals surface area (Å²) in [6.45, 7) is 1.85. The first-order valence-electron chi connectivity index (χ1n) is 4.41. The zero-order valence-electron chi connectivity index (χ0n) is 7.80. The molecule has 0 aromatic carbocycles. The van der Waals surface area contributed by atoms with Crippen LogP contribution in [0.1, 0.15) is 12.8 Å². The van der Waals surface area contributed by atoms with Crippen molar-refractivity contribution in [2.24, 2.45) is 0 Å². The molecule has 5 nitrogen and oxygen atoms in total. The van der Waals surface area contributed by atoms with E-state index < -0.39 is 11.7 Å². The lowest BCUT2D eigenvalue weighted by Crippen LogP contribution is -2.49. The van der Waals surface area contributed by atoms with Gasteiger partial charge in [0.2, 0.25) is 0 Å². The van der Waals surface area contributed by atoms with Gasteiger partial charge in [-0.3, -0.25) is 0 Å². The van der Waals surface area contributed by atoms with Gasteiger partial charge in [0, 0.05) is 6.54 Å². The maximum Gasteiger partial charge on any atom is 0.406 e. The highest BCUT2D eigenvalue weighted by Gasteiger charge is 2.29. The third-order valence-electron chi connectivity index (χ3n) is 2.28. The first-order valence-corrected chi connectivity index (χ1v) is 4.41. The van der Waals surface area contributed by atoms with E-state index >= 15 is 0 Å². The molecule has 13 heavy (non-hydrogen) atoms. The average Bonchev–Trinajstić information content (AvgIpc) is 2.15. The second-order valence-electron chi connectivity index (χ2n) is 3.32. The summed E-state index contributed by atoms with van der Waals surface area (Å²) in [7, 11) is 1.31. The lowest BCUT2D eigenvalue weighted by Gasteiger charge is -2.32. The van der Waals surface area contributed by atoms with Gasteiger partial charge in [-0.15, -0.1) is 0 Å². The number of rotatable bonds is 2. The van der Waals surface area contributed by atoms with Gasteiger partial charge in [0.05, 0.1) is 12.7 Å². The summed E-state index contributed by atoms with van der Waals surface area (Å²) in [5, 5.41) is 15.5. The van der Waals surface area contributed by atoms with Crippen LogP contribution in [0.15, 0.2) is 0 Å². The molecule has 0 spiro atoms. The van der Waals surface area contributed by atoms with Gasteiger partial charge >= 0.3 is 6.09 Å². The van der Waals surface area contributed by atoms with Crippen LogP contribution in [-0.2, 0) is 4.74 Å². The van der Waals surface area contributed by atoms with E-state index in [0.717, 1.165) is 13.1 Å². The van der Waals surface area contributed by atoms with Crippen molar-refractivity contribution in [2.75, 3.05) is 26.7 Å². The lowest BCUT2D eigenvalue weighted by molar-refractivity contribution is 0.0112. The van der Waals surface area contributed by atoms with E-state index in [0.29, 0.717) is 12.8 Å². The topological polar surface area (TPSA) is 70.6 Å². The Bertz CT molecular complexity index is 178. The molecular weight excluding hydrogens is 172 g/mol. The van der Waals surface area contributed by atoms with E-state index in [9.17, 15) is 9.90 Å². The fourth-order valence-electron chi connectivity index (χ4n) is 1.38. The van der Waals surface area contributed by atoms with Crippen LogP contribution in [0.4, 0.5) is 4.79 Å². The minimum absolute atomic E-state index is 0.265.